The highest BCUT2D eigenvalue weighted by Crippen LogP contribution is 2.19. The van der Waals surface area contributed by atoms with Crippen LogP contribution in [-0.4, -0.2) is 42.5 Å². The van der Waals surface area contributed by atoms with Crippen molar-refractivity contribution in [3.63, 3.8) is 0 Å². The summed E-state index contributed by atoms with van der Waals surface area (Å²) in [5, 5.41) is 7.64. The van der Waals surface area contributed by atoms with E-state index in [1.165, 1.54) is 6.21 Å². The molecule has 0 aliphatic heterocycles. The second-order valence-electron chi connectivity index (χ2n) is 7.83. The van der Waals surface area contributed by atoms with Gasteiger partial charge in [0.1, 0.15) is 11.4 Å². The van der Waals surface area contributed by atoms with Crippen molar-refractivity contribution in [3.05, 3.63) is 36.0 Å². The minimum Gasteiger partial charge on any atom is -0.497 e. The molecule has 1 aromatic heterocycles. The highest BCUT2D eigenvalue weighted by Gasteiger charge is 2.15. The van der Waals surface area contributed by atoms with Gasteiger partial charge in [-0.1, -0.05) is 12.5 Å². The van der Waals surface area contributed by atoms with Gasteiger partial charge in [0.25, 0.3) is 0 Å². The Kier molecular flexibility index (Phi) is 8.58. The van der Waals surface area contributed by atoms with E-state index in [4.69, 9.17) is 9.47 Å². The number of hydrazone groups is 1. The lowest BCUT2D eigenvalue weighted by atomic mass is 10.2. The molecule has 2 amide bonds. The zero-order valence-electron chi connectivity index (χ0n) is 18.0. The van der Waals surface area contributed by atoms with Gasteiger partial charge in [0.15, 0.2) is 0 Å². The van der Waals surface area contributed by atoms with E-state index in [0.29, 0.717) is 25.1 Å². The fraction of sp³-hybridized carbons (Fsp3) is 0.455. The first-order valence-electron chi connectivity index (χ1n) is 10.0. The van der Waals surface area contributed by atoms with Crippen molar-refractivity contribution in [2.45, 2.75) is 52.1 Å². The molecule has 30 heavy (non-hydrogen) atoms. The standard InChI is InChI=1S/C22H30N4O4/c1-22(2,3)30-21(28)23-13-7-5-6-8-20(27)26-24-15-17-10-9-16-14-18(29-4)11-12-19(16)25-17/h9-12,14-15H,5-8,13H2,1-4H3,(H,23,28)(H,26,27). The largest absolute Gasteiger partial charge is 0.497 e. The molecule has 0 aliphatic carbocycles. The van der Waals surface area contributed by atoms with Gasteiger partial charge < -0.3 is 14.8 Å². The number of amides is 2. The molecule has 8 nitrogen and oxygen atoms in total. The maximum Gasteiger partial charge on any atom is 0.407 e. The number of nitrogens with one attached hydrogen (secondary N) is 2. The Morgan fingerprint density at radius 2 is 1.93 bits per heavy atom. The number of hydrogen-bond acceptors (Lipinski definition) is 6. The van der Waals surface area contributed by atoms with E-state index in [1.807, 2.05) is 51.1 Å². The van der Waals surface area contributed by atoms with E-state index >= 15 is 0 Å². The number of alkyl carbamates (subject to hydrolysis) is 1. The summed E-state index contributed by atoms with van der Waals surface area (Å²) in [6, 6.07) is 9.39. The average molecular weight is 415 g/mol. The van der Waals surface area contributed by atoms with Crippen LogP contribution in [0.4, 0.5) is 4.79 Å². The number of fused-ring (bicyclic) bond motifs is 1. The zero-order chi connectivity index (χ0) is 22.0. The minimum absolute atomic E-state index is 0.156. The van der Waals surface area contributed by atoms with Crippen LogP contribution in [0.5, 0.6) is 5.75 Å². The Bertz CT molecular complexity index is 890. The molecule has 0 spiro atoms. The van der Waals surface area contributed by atoms with Crippen molar-refractivity contribution < 1.29 is 19.1 Å². The van der Waals surface area contributed by atoms with E-state index in [2.05, 4.69) is 20.8 Å². The number of carbonyl (C=O) groups is 2. The zero-order valence-corrected chi connectivity index (χ0v) is 18.0. The third kappa shape index (κ3) is 8.46. The molecule has 0 saturated carbocycles. The first-order valence-corrected chi connectivity index (χ1v) is 10.0. The number of carbonyl (C=O) groups excluding carboxylic acids is 2. The summed E-state index contributed by atoms with van der Waals surface area (Å²) in [5.74, 6) is 0.621. The van der Waals surface area contributed by atoms with Crippen LogP contribution in [0.2, 0.25) is 0 Å². The molecule has 2 aromatic rings. The molecular weight excluding hydrogens is 384 g/mol. The number of hydrogen-bond donors (Lipinski definition) is 2. The second kappa shape index (κ2) is 11.1. The van der Waals surface area contributed by atoms with Gasteiger partial charge in [-0.2, -0.15) is 5.10 Å². The predicted octanol–water partition coefficient (Wildman–Crippen LogP) is 3.78. The molecule has 0 aliphatic rings. The molecule has 0 unspecified atom stereocenters. The molecule has 0 radical (unpaired) electrons. The molecule has 1 heterocycles. The van der Waals surface area contributed by atoms with Gasteiger partial charge in [0.2, 0.25) is 5.91 Å². The van der Waals surface area contributed by atoms with Crippen molar-refractivity contribution in [3.8, 4) is 5.75 Å². The van der Waals surface area contributed by atoms with Gasteiger partial charge in [-0.3, -0.25) is 4.79 Å². The second-order valence-corrected chi connectivity index (χ2v) is 7.83. The molecule has 162 valence electrons. The lowest BCUT2D eigenvalue weighted by molar-refractivity contribution is -0.121. The van der Waals surface area contributed by atoms with E-state index in [0.717, 1.165) is 29.5 Å². The topological polar surface area (TPSA) is 102 Å². The smallest absolute Gasteiger partial charge is 0.407 e. The highest BCUT2D eigenvalue weighted by molar-refractivity contribution is 5.86. The molecule has 0 fully saturated rings. The molecule has 8 heteroatoms. The highest BCUT2D eigenvalue weighted by atomic mass is 16.6. The van der Waals surface area contributed by atoms with Crippen LogP contribution in [0.3, 0.4) is 0 Å². The fourth-order valence-electron chi connectivity index (χ4n) is 2.64. The Balaban J connectivity index is 1.64. The molecule has 1 aromatic carbocycles. The number of nitrogens with zero attached hydrogens (tertiary/aromatic N) is 2. The molecule has 2 N–H and O–H groups in total. The number of pyridine rings is 1. The van der Waals surface area contributed by atoms with E-state index in [-0.39, 0.29) is 5.91 Å². The van der Waals surface area contributed by atoms with Gasteiger partial charge in [-0.15, -0.1) is 0 Å². The van der Waals surface area contributed by atoms with Gasteiger partial charge in [-0.25, -0.2) is 15.2 Å². The van der Waals surface area contributed by atoms with Crippen LogP contribution in [0.15, 0.2) is 35.4 Å². The van der Waals surface area contributed by atoms with Crippen molar-refractivity contribution in [1.82, 2.24) is 15.7 Å². The molecule has 0 bridgehead atoms. The van der Waals surface area contributed by atoms with Gasteiger partial charge >= 0.3 is 6.09 Å². The summed E-state index contributed by atoms with van der Waals surface area (Å²) in [5.41, 5.74) is 3.49. The monoisotopic (exact) mass is 414 g/mol. The van der Waals surface area contributed by atoms with Crippen LogP contribution < -0.4 is 15.5 Å². The Labute approximate surface area is 177 Å². The first kappa shape index (κ1) is 23.1. The number of ether oxygens (including phenoxy) is 2. The number of unbranched alkanes of at least 4 members (excludes halogenated alkanes) is 2. The fourth-order valence-corrected chi connectivity index (χ4v) is 2.64. The van der Waals surface area contributed by atoms with Crippen molar-refractivity contribution in [2.24, 2.45) is 5.10 Å². The molecular formula is C22H30N4O4. The molecule has 0 atom stereocenters. The quantitative estimate of drug-likeness (QED) is 0.369. The van der Waals surface area contributed by atoms with Crippen LogP contribution >= 0.6 is 0 Å². The van der Waals surface area contributed by atoms with E-state index in [1.54, 1.807) is 7.11 Å². The average Bonchev–Trinajstić information content (AvgIpc) is 2.68. The molecule has 2 rings (SSSR count). The predicted molar refractivity (Wildman–Crippen MR) is 117 cm³/mol. The van der Waals surface area contributed by atoms with E-state index < -0.39 is 11.7 Å². The summed E-state index contributed by atoms with van der Waals surface area (Å²) >= 11 is 0. The minimum atomic E-state index is -0.501. The Hall–Kier alpha value is -3.16. The summed E-state index contributed by atoms with van der Waals surface area (Å²) in [6.07, 6.45) is 3.79. The number of aromatic nitrogens is 1. The van der Waals surface area contributed by atoms with E-state index in [9.17, 15) is 9.59 Å². The summed E-state index contributed by atoms with van der Waals surface area (Å²) in [4.78, 5) is 27.9. The van der Waals surface area contributed by atoms with Crippen molar-refractivity contribution >= 4 is 29.1 Å². The van der Waals surface area contributed by atoms with Crippen molar-refractivity contribution in [2.75, 3.05) is 13.7 Å². The van der Waals surface area contributed by atoms with Crippen LogP contribution in [0.25, 0.3) is 10.9 Å². The maximum atomic E-state index is 11.9. The number of methoxy groups -OCH3 is 1. The summed E-state index contributed by atoms with van der Waals surface area (Å²) < 4.78 is 10.4. The van der Waals surface area contributed by atoms with Gasteiger partial charge in [-0.05, 0) is 57.9 Å². The van der Waals surface area contributed by atoms with Crippen LogP contribution in [-0.2, 0) is 9.53 Å². The summed E-state index contributed by atoms with van der Waals surface area (Å²) in [7, 11) is 1.62. The van der Waals surface area contributed by atoms with Crippen LogP contribution in [0.1, 0.15) is 52.1 Å². The lowest BCUT2D eigenvalue weighted by Gasteiger charge is -2.19. The SMILES string of the molecule is COc1ccc2nc(C=NNC(=O)CCCCCNC(=O)OC(C)(C)C)ccc2c1. The van der Waals surface area contributed by atoms with Crippen molar-refractivity contribution in [1.29, 1.82) is 0 Å². The Morgan fingerprint density at radius 1 is 1.13 bits per heavy atom. The third-order valence-corrected chi connectivity index (χ3v) is 4.05. The van der Waals surface area contributed by atoms with Gasteiger partial charge in [0, 0.05) is 18.4 Å². The van der Waals surface area contributed by atoms with Crippen LogP contribution in [0, 0.1) is 0 Å². The number of benzene rings is 1. The first-order chi connectivity index (χ1) is 14.3. The van der Waals surface area contributed by atoms with Gasteiger partial charge in [0.05, 0.1) is 24.5 Å². The third-order valence-electron chi connectivity index (χ3n) is 4.05. The summed E-state index contributed by atoms with van der Waals surface area (Å²) in [6.45, 7) is 5.98. The number of rotatable bonds is 9. The molecule has 0 saturated heterocycles. The Morgan fingerprint density at radius 3 is 2.67 bits per heavy atom. The normalized spacial score (nSPS) is 11.5. The lowest BCUT2D eigenvalue weighted by Crippen LogP contribution is -2.33. The maximum absolute atomic E-state index is 11.9.